The molecule has 1 aromatic rings. The minimum absolute atomic E-state index is 0.309. The highest BCUT2D eigenvalue weighted by Crippen LogP contribution is 2.22. The minimum atomic E-state index is 0.309. The minimum Gasteiger partial charge on any atom is -0.375 e. The van der Waals surface area contributed by atoms with Gasteiger partial charge in [-0.2, -0.15) is 0 Å². The maximum atomic E-state index is 6.07. The standard InChI is InChI=1S/C17H27NO2/c1-4-18-11-15-6-5-7-16(10-15)12-19-17-8-13(2)20-14(3)9-17/h5-7,10,13-14,17-18H,4,8-9,11-12H2,1-3H3. The first-order valence-corrected chi connectivity index (χ1v) is 7.73. The summed E-state index contributed by atoms with van der Waals surface area (Å²) in [4.78, 5) is 0. The summed E-state index contributed by atoms with van der Waals surface area (Å²) in [5.74, 6) is 0. The van der Waals surface area contributed by atoms with Crippen LogP contribution in [0.1, 0.15) is 44.7 Å². The third-order valence-electron chi connectivity index (χ3n) is 3.71. The Hall–Kier alpha value is -0.900. The third kappa shape index (κ3) is 4.89. The first-order chi connectivity index (χ1) is 9.67. The van der Waals surface area contributed by atoms with Crippen LogP contribution in [0.4, 0.5) is 0 Å². The fourth-order valence-electron chi connectivity index (χ4n) is 2.79. The highest BCUT2D eigenvalue weighted by atomic mass is 16.5. The van der Waals surface area contributed by atoms with Crippen LogP contribution in [0.25, 0.3) is 0 Å². The molecule has 0 amide bonds. The number of benzene rings is 1. The molecule has 3 heteroatoms. The Balaban J connectivity index is 1.84. The van der Waals surface area contributed by atoms with Gasteiger partial charge in [-0.15, -0.1) is 0 Å². The van der Waals surface area contributed by atoms with E-state index in [1.807, 2.05) is 0 Å². The van der Waals surface area contributed by atoms with Gasteiger partial charge in [0.05, 0.1) is 24.9 Å². The monoisotopic (exact) mass is 277 g/mol. The van der Waals surface area contributed by atoms with Crippen molar-refractivity contribution in [1.29, 1.82) is 0 Å². The molecule has 2 unspecified atom stereocenters. The van der Waals surface area contributed by atoms with Crippen LogP contribution >= 0.6 is 0 Å². The molecule has 0 radical (unpaired) electrons. The van der Waals surface area contributed by atoms with E-state index in [1.54, 1.807) is 0 Å². The Morgan fingerprint density at radius 3 is 2.60 bits per heavy atom. The van der Waals surface area contributed by atoms with Gasteiger partial charge in [0.1, 0.15) is 0 Å². The molecule has 1 fully saturated rings. The lowest BCUT2D eigenvalue weighted by Crippen LogP contribution is -2.33. The van der Waals surface area contributed by atoms with Crippen LogP contribution in [-0.2, 0) is 22.6 Å². The molecule has 3 nitrogen and oxygen atoms in total. The fourth-order valence-corrected chi connectivity index (χ4v) is 2.79. The molecule has 0 bridgehead atoms. The second-order valence-corrected chi connectivity index (χ2v) is 5.76. The van der Waals surface area contributed by atoms with Crippen LogP contribution in [0.15, 0.2) is 24.3 Å². The zero-order valence-corrected chi connectivity index (χ0v) is 12.9. The summed E-state index contributed by atoms with van der Waals surface area (Å²) in [6, 6.07) is 8.64. The summed E-state index contributed by atoms with van der Waals surface area (Å²) in [7, 11) is 0. The lowest BCUT2D eigenvalue weighted by molar-refractivity contribution is -0.106. The summed E-state index contributed by atoms with van der Waals surface area (Å²) in [5.41, 5.74) is 2.58. The smallest absolute Gasteiger partial charge is 0.0720 e. The van der Waals surface area contributed by atoms with Crippen molar-refractivity contribution in [2.45, 2.75) is 65.1 Å². The first-order valence-electron chi connectivity index (χ1n) is 7.73. The molecule has 1 heterocycles. The van der Waals surface area contributed by atoms with Gasteiger partial charge in [-0.3, -0.25) is 0 Å². The molecular weight excluding hydrogens is 250 g/mol. The van der Waals surface area contributed by atoms with Gasteiger partial charge in [-0.05, 0) is 44.4 Å². The SMILES string of the molecule is CCNCc1cccc(COC2CC(C)OC(C)C2)c1. The van der Waals surface area contributed by atoms with Crippen molar-refractivity contribution < 1.29 is 9.47 Å². The van der Waals surface area contributed by atoms with E-state index in [1.165, 1.54) is 11.1 Å². The summed E-state index contributed by atoms with van der Waals surface area (Å²) in [6.07, 6.45) is 2.95. The summed E-state index contributed by atoms with van der Waals surface area (Å²) < 4.78 is 11.8. The summed E-state index contributed by atoms with van der Waals surface area (Å²) in [5, 5.41) is 3.35. The Morgan fingerprint density at radius 2 is 1.90 bits per heavy atom. The number of hydrogen-bond acceptors (Lipinski definition) is 3. The van der Waals surface area contributed by atoms with Crippen molar-refractivity contribution in [3.63, 3.8) is 0 Å². The lowest BCUT2D eigenvalue weighted by Gasteiger charge is -2.32. The van der Waals surface area contributed by atoms with Crippen LogP contribution in [-0.4, -0.2) is 24.9 Å². The fraction of sp³-hybridized carbons (Fsp3) is 0.647. The van der Waals surface area contributed by atoms with Crippen LogP contribution in [0.2, 0.25) is 0 Å². The third-order valence-corrected chi connectivity index (χ3v) is 3.71. The molecular formula is C17H27NO2. The van der Waals surface area contributed by atoms with Gasteiger partial charge in [0.15, 0.2) is 0 Å². The topological polar surface area (TPSA) is 30.5 Å². The summed E-state index contributed by atoms with van der Waals surface area (Å²) in [6.45, 7) is 9.00. The Bertz CT molecular complexity index is 398. The van der Waals surface area contributed by atoms with Crippen molar-refractivity contribution in [2.75, 3.05) is 6.54 Å². The van der Waals surface area contributed by atoms with Gasteiger partial charge in [0.25, 0.3) is 0 Å². The molecule has 0 aromatic heterocycles. The first kappa shape index (κ1) is 15.5. The van der Waals surface area contributed by atoms with Crippen molar-refractivity contribution in [3.8, 4) is 0 Å². The largest absolute Gasteiger partial charge is 0.375 e. The van der Waals surface area contributed by atoms with Gasteiger partial charge in [-0.25, -0.2) is 0 Å². The second kappa shape index (κ2) is 7.77. The average molecular weight is 277 g/mol. The zero-order valence-electron chi connectivity index (χ0n) is 12.9. The predicted octanol–water partition coefficient (Wildman–Crippen LogP) is 3.27. The van der Waals surface area contributed by atoms with Gasteiger partial charge in [-0.1, -0.05) is 31.2 Å². The van der Waals surface area contributed by atoms with Gasteiger partial charge in [0, 0.05) is 6.54 Å². The highest BCUT2D eigenvalue weighted by molar-refractivity contribution is 5.22. The quantitative estimate of drug-likeness (QED) is 0.865. The molecule has 0 saturated carbocycles. The van der Waals surface area contributed by atoms with E-state index in [4.69, 9.17) is 9.47 Å². The zero-order chi connectivity index (χ0) is 14.4. The van der Waals surface area contributed by atoms with Crippen LogP contribution in [0.3, 0.4) is 0 Å². The van der Waals surface area contributed by atoms with Crippen molar-refractivity contribution in [3.05, 3.63) is 35.4 Å². The highest BCUT2D eigenvalue weighted by Gasteiger charge is 2.24. The van der Waals surface area contributed by atoms with E-state index >= 15 is 0 Å². The van der Waals surface area contributed by atoms with Crippen molar-refractivity contribution in [1.82, 2.24) is 5.32 Å². The molecule has 1 aromatic carbocycles. The molecule has 0 aliphatic carbocycles. The van der Waals surface area contributed by atoms with Crippen LogP contribution < -0.4 is 5.32 Å². The van der Waals surface area contributed by atoms with Gasteiger partial charge >= 0.3 is 0 Å². The van der Waals surface area contributed by atoms with Crippen molar-refractivity contribution in [2.24, 2.45) is 0 Å². The normalized spacial score (nSPS) is 26.6. The van der Waals surface area contributed by atoms with E-state index in [9.17, 15) is 0 Å². The van der Waals surface area contributed by atoms with Crippen LogP contribution in [0, 0.1) is 0 Å². The van der Waals surface area contributed by atoms with E-state index in [-0.39, 0.29) is 0 Å². The molecule has 112 valence electrons. The van der Waals surface area contributed by atoms with E-state index in [0.717, 1.165) is 25.9 Å². The van der Waals surface area contributed by atoms with E-state index < -0.39 is 0 Å². The van der Waals surface area contributed by atoms with Crippen LogP contribution in [0.5, 0.6) is 0 Å². The molecule has 2 rings (SSSR count). The molecule has 20 heavy (non-hydrogen) atoms. The maximum absolute atomic E-state index is 6.07. The lowest BCUT2D eigenvalue weighted by atomic mass is 10.0. The molecule has 2 atom stereocenters. The second-order valence-electron chi connectivity index (χ2n) is 5.76. The van der Waals surface area contributed by atoms with Crippen molar-refractivity contribution >= 4 is 0 Å². The number of hydrogen-bond donors (Lipinski definition) is 1. The van der Waals surface area contributed by atoms with E-state index in [2.05, 4.69) is 50.4 Å². The number of nitrogens with one attached hydrogen (secondary N) is 1. The average Bonchev–Trinajstić information content (AvgIpc) is 2.42. The Morgan fingerprint density at radius 1 is 1.20 bits per heavy atom. The maximum Gasteiger partial charge on any atom is 0.0720 e. The van der Waals surface area contributed by atoms with Gasteiger partial charge in [0.2, 0.25) is 0 Å². The Labute approximate surface area is 122 Å². The van der Waals surface area contributed by atoms with E-state index in [0.29, 0.717) is 24.9 Å². The predicted molar refractivity (Wildman–Crippen MR) is 81.6 cm³/mol. The number of rotatable bonds is 6. The molecule has 1 aliphatic heterocycles. The Kier molecular flexibility index (Phi) is 6.02. The molecule has 0 spiro atoms. The summed E-state index contributed by atoms with van der Waals surface area (Å²) >= 11 is 0. The van der Waals surface area contributed by atoms with Gasteiger partial charge < -0.3 is 14.8 Å². The molecule has 1 saturated heterocycles. The molecule has 1 N–H and O–H groups in total. The number of ether oxygens (including phenoxy) is 2. The molecule has 1 aliphatic rings.